The summed E-state index contributed by atoms with van der Waals surface area (Å²) in [6, 6.07) is 1.80. The smallest absolute Gasteiger partial charge is 0.318 e. The summed E-state index contributed by atoms with van der Waals surface area (Å²) in [6.45, 7) is 1.81. The molecule has 13 heavy (non-hydrogen) atoms. The molecule has 1 aliphatic carbocycles. The molecule has 0 amide bonds. The molecule has 70 valence electrons. The van der Waals surface area contributed by atoms with Crippen molar-refractivity contribution in [1.82, 2.24) is 5.16 Å². The fourth-order valence-electron chi connectivity index (χ4n) is 1.48. The summed E-state index contributed by atoms with van der Waals surface area (Å²) in [7, 11) is 1.40. The first-order valence-electron chi connectivity index (χ1n) is 4.21. The molecule has 0 saturated heterocycles. The summed E-state index contributed by atoms with van der Waals surface area (Å²) in [6.07, 6.45) is 1.62. The summed E-state index contributed by atoms with van der Waals surface area (Å²) < 4.78 is 9.65. The third-order valence-electron chi connectivity index (χ3n) is 2.44. The molecule has 1 aromatic heterocycles. The summed E-state index contributed by atoms with van der Waals surface area (Å²) in [4.78, 5) is 11.4. The molecule has 0 radical (unpaired) electrons. The number of hydrogen-bond acceptors (Lipinski definition) is 4. The molecule has 1 aliphatic rings. The predicted molar refractivity (Wildman–Crippen MR) is 44.2 cm³/mol. The molecule has 0 N–H and O–H groups in total. The highest BCUT2D eigenvalue weighted by Crippen LogP contribution is 2.48. The lowest BCUT2D eigenvalue weighted by molar-refractivity contribution is -0.143. The Bertz CT molecular complexity index is 338. The van der Waals surface area contributed by atoms with E-state index >= 15 is 0 Å². The van der Waals surface area contributed by atoms with E-state index in [-0.39, 0.29) is 5.97 Å². The molecule has 0 spiro atoms. The Kier molecular flexibility index (Phi) is 1.65. The summed E-state index contributed by atoms with van der Waals surface area (Å²) >= 11 is 0. The molecular formula is C9H11NO3. The van der Waals surface area contributed by atoms with Gasteiger partial charge in [-0.2, -0.15) is 0 Å². The second kappa shape index (κ2) is 2.58. The lowest BCUT2D eigenvalue weighted by Gasteiger charge is -2.07. The Balaban J connectivity index is 2.30. The highest BCUT2D eigenvalue weighted by atomic mass is 16.5. The van der Waals surface area contributed by atoms with Crippen molar-refractivity contribution in [3.63, 3.8) is 0 Å². The lowest BCUT2D eigenvalue weighted by Crippen LogP contribution is -2.22. The maximum absolute atomic E-state index is 11.4. The Morgan fingerprint density at radius 2 is 2.38 bits per heavy atom. The van der Waals surface area contributed by atoms with Crippen LogP contribution < -0.4 is 0 Å². The topological polar surface area (TPSA) is 52.3 Å². The van der Waals surface area contributed by atoms with Crippen molar-refractivity contribution in [3.05, 3.63) is 17.5 Å². The van der Waals surface area contributed by atoms with Crippen LogP contribution in [0.25, 0.3) is 0 Å². The Labute approximate surface area is 75.9 Å². The molecule has 1 fully saturated rings. The van der Waals surface area contributed by atoms with Crippen molar-refractivity contribution in [1.29, 1.82) is 0 Å². The van der Waals surface area contributed by atoms with E-state index in [2.05, 4.69) is 5.16 Å². The van der Waals surface area contributed by atoms with Crippen LogP contribution in [-0.4, -0.2) is 18.2 Å². The number of nitrogens with zero attached hydrogens (tertiary/aromatic N) is 1. The number of carbonyl (C=O) groups excluding carboxylic acids is 1. The van der Waals surface area contributed by atoms with Crippen molar-refractivity contribution in [3.8, 4) is 0 Å². The second-order valence-electron chi connectivity index (χ2n) is 3.40. The van der Waals surface area contributed by atoms with Crippen LogP contribution in [0.2, 0.25) is 0 Å². The molecule has 4 heteroatoms. The van der Waals surface area contributed by atoms with E-state index in [0.717, 1.165) is 18.6 Å². The van der Waals surface area contributed by atoms with Gasteiger partial charge in [0.2, 0.25) is 0 Å². The largest absolute Gasteiger partial charge is 0.468 e. The third-order valence-corrected chi connectivity index (χ3v) is 2.44. The van der Waals surface area contributed by atoms with Crippen LogP contribution >= 0.6 is 0 Å². The van der Waals surface area contributed by atoms with Gasteiger partial charge in [-0.15, -0.1) is 0 Å². The Morgan fingerprint density at radius 3 is 2.77 bits per heavy atom. The van der Waals surface area contributed by atoms with Crippen LogP contribution in [0.1, 0.15) is 24.3 Å². The van der Waals surface area contributed by atoms with Crippen molar-refractivity contribution < 1.29 is 14.1 Å². The van der Waals surface area contributed by atoms with Gasteiger partial charge < -0.3 is 9.26 Å². The van der Waals surface area contributed by atoms with Crippen LogP contribution in [0, 0.1) is 6.92 Å². The SMILES string of the molecule is COC(=O)C1(c2cc(C)on2)CC1. The van der Waals surface area contributed by atoms with Gasteiger partial charge in [0.25, 0.3) is 0 Å². The maximum Gasteiger partial charge on any atom is 0.318 e. The second-order valence-corrected chi connectivity index (χ2v) is 3.40. The molecule has 0 aliphatic heterocycles. The maximum atomic E-state index is 11.4. The van der Waals surface area contributed by atoms with Gasteiger partial charge in [-0.1, -0.05) is 5.16 Å². The number of rotatable bonds is 2. The van der Waals surface area contributed by atoms with Gasteiger partial charge >= 0.3 is 5.97 Å². The lowest BCUT2D eigenvalue weighted by atomic mass is 10.0. The van der Waals surface area contributed by atoms with E-state index in [0.29, 0.717) is 5.69 Å². The molecule has 0 unspecified atom stereocenters. The van der Waals surface area contributed by atoms with E-state index < -0.39 is 5.41 Å². The Morgan fingerprint density at radius 1 is 1.69 bits per heavy atom. The normalized spacial score (nSPS) is 18.3. The van der Waals surface area contributed by atoms with Gasteiger partial charge in [0, 0.05) is 6.07 Å². The highest BCUT2D eigenvalue weighted by Gasteiger charge is 2.54. The highest BCUT2D eigenvalue weighted by molar-refractivity contribution is 5.85. The van der Waals surface area contributed by atoms with E-state index in [4.69, 9.17) is 9.26 Å². The number of aromatic nitrogens is 1. The number of hydrogen-bond donors (Lipinski definition) is 0. The van der Waals surface area contributed by atoms with Gasteiger partial charge in [0.1, 0.15) is 16.9 Å². The monoisotopic (exact) mass is 181 g/mol. The van der Waals surface area contributed by atoms with Crippen LogP contribution in [0.5, 0.6) is 0 Å². The van der Waals surface area contributed by atoms with Gasteiger partial charge in [-0.05, 0) is 19.8 Å². The minimum absolute atomic E-state index is 0.208. The van der Waals surface area contributed by atoms with Crippen molar-refractivity contribution in [2.45, 2.75) is 25.2 Å². The van der Waals surface area contributed by atoms with Crippen molar-refractivity contribution in [2.24, 2.45) is 0 Å². The molecule has 1 heterocycles. The van der Waals surface area contributed by atoms with Crippen LogP contribution in [-0.2, 0) is 14.9 Å². The molecule has 1 saturated carbocycles. The molecule has 4 nitrogen and oxygen atoms in total. The van der Waals surface area contributed by atoms with Gasteiger partial charge in [-0.25, -0.2) is 0 Å². The number of ether oxygens (including phenoxy) is 1. The number of carbonyl (C=O) groups is 1. The van der Waals surface area contributed by atoms with Crippen LogP contribution in [0.3, 0.4) is 0 Å². The Hall–Kier alpha value is -1.32. The van der Waals surface area contributed by atoms with Gasteiger partial charge in [0.05, 0.1) is 7.11 Å². The van der Waals surface area contributed by atoms with Gasteiger partial charge in [0.15, 0.2) is 0 Å². The number of aryl methyl sites for hydroxylation is 1. The fourth-order valence-corrected chi connectivity index (χ4v) is 1.48. The molecule has 0 atom stereocenters. The van der Waals surface area contributed by atoms with E-state index in [1.54, 1.807) is 6.07 Å². The standard InChI is InChI=1S/C9H11NO3/c1-6-5-7(10-13-6)9(3-4-9)8(11)12-2/h5H,3-4H2,1-2H3. The minimum Gasteiger partial charge on any atom is -0.468 e. The number of methoxy groups -OCH3 is 1. The molecular weight excluding hydrogens is 170 g/mol. The van der Waals surface area contributed by atoms with Crippen LogP contribution in [0.15, 0.2) is 10.6 Å². The summed E-state index contributed by atoms with van der Waals surface area (Å²) in [5, 5.41) is 3.84. The van der Waals surface area contributed by atoms with E-state index in [9.17, 15) is 4.79 Å². The third kappa shape index (κ3) is 1.13. The van der Waals surface area contributed by atoms with Gasteiger partial charge in [-0.3, -0.25) is 4.79 Å². The zero-order valence-corrected chi connectivity index (χ0v) is 7.66. The minimum atomic E-state index is -0.494. The first kappa shape index (κ1) is 8.29. The van der Waals surface area contributed by atoms with E-state index in [1.165, 1.54) is 7.11 Å². The quantitative estimate of drug-likeness (QED) is 0.643. The zero-order chi connectivity index (χ0) is 9.47. The first-order chi connectivity index (χ1) is 6.19. The average molecular weight is 181 g/mol. The zero-order valence-electron chi connectivity index (χ0n) is 7.66. The number of esters is 1. The molecule has 0 aromatic carbocycles. The summed E-state index contributed by atoms with van der Waals surface area (Å²) in [5.74, 6) is 0.519. The van der Waals surface area contributed by atoms with Crippen molar-refractivity contribution >= 4 is 5.97 Å². The average Bonchev–Trinajstić information content (AvgIpc) is 2.83. The fraction of sp³-hybridized carbons (Fsp3) is 0.556. The van der Waals surface area contributed by atoms with E-state index in [1.807, 2.05) is 6.92 Å². The first-order valence-corrected chi connectivity index (χ1v) is 4.21. The predicted octanol–water partition coefficient (Wildman–Crippen LogP) is 1.19. The van der Waals surface area contributed by atoms with Crippen LogP contribution in [0.4, 0.5) is 0 Å². The molecule has 1 aromatic rings. The van der Waals surface area contributed by atoms with Crippen molar-refractivity contribution in [2.75, 3.05) is 7.11 Å². The molecule has 0 bridgehead atoms. The molecule has 2 rings (SSSR count). The summed E-state index contributed by atoms with van der Waals surface area (Å²) in [5.41, 5.74) is 0.212.